The zero-order valence-electron chi connectivity index (χ0n) is 8.54. The van der Waals surface area contributed by atoms with E-state index < -0.39 is 22.0 Å². The van der Waals surface area contributed by atoms with Gasteiger partial charge in [-0.1, -0.05) is 11.3 Å². The zero-order valence-corrected chi connectivity index (χ0v) is 10.2. The van der Waals surface area contributed by atoms with Crippen LogP contribution in [0.15, 0.2) is 0 Å². The van der Waals surface area contributed by atoms with Crippen LogP contribution in [0.1, 0.15) is 11.9 Å². The van der Waals surface area contributed by atoms with Gasteiger partial charge < -0.3 is 5.32 Å². The van der Waals surface area contributed by atoms with E-state index in [9.17, 15) is 17.4 Å². The van der Waals surface area contributed by atoms with Crippen LogP contribution in [0.2, 0.25) is 0 Å². The van der Waals surface area contributed by atoms with Gasteiger partial charge in [-0.3, -0.25) is 4.21 Å². The third-order valence-corrected chi connectivity index (χ3v) is 4.00. The van der Waals surface area contributed by atoms with E-state index in [4.69, 9.17) is 0 Å². The van der Waals surface area contributed by atoms with Crippen molar-refractivity contribution in [2.45, 2.75) is 18.3 Å². The SMILES string of the molecule is CC(CNc1nnc(C(F)(F)F)s1)S(C)=O. The van der Waals surface area contributed by atoms with Crippen LogP contribution in [0.3, 0.4) is 0 Å². The van der Waals surface area contributed by atoms with Gasteiger partial charge in [0.05, 0.1) is 0 Å². The molecule has 0 bridgehead atoms. The first-order chi connectivity index (χ1) is 7.30. The van der Waals surface area contributed by atoms with E-state index in [0.717, 1.165) is 0 Å². The smallest absolute Gasteiger partial charge is 0.359 e. The fourth-order valence-corrected chi connectivity index (χ4v) is 1.69. The van der Waals surface area contributed by atoms with E-state index in [1.165, 1.54) is 6.26 Å². The van der Waals surface area contributed by atoms with Crippen molar-refractivity contribution in [2.24, 2.45) is 0 Å². The summed E-state index contributed by atoms with van der Waals surface area (Å²) < 4.78 is 47.5. The Morgan fingerprint density at radius 3 is 2.56 bits per heavy atom. The molecule has 0 aliphatic heterocycles. The highest BCUT2D eigenvalue weighted by Crippen LogP contribution is 2.32. The molecule has 4 nitrogen and oxygen atoms in total. The average molecular weight is 273 g/mol. The fourth-order valence-electron chi connectivity index (χ4n) is 0.758. The summed E-state index contributed by atoms with van der Waals surface area (Å²) in [5, 5.41) is 7.99. The molecule has 1 aromatic rings. The predicted molar refractivity (Wildman–Crippen MR) is 56.9 cm³/mol. The van der Waals surface area contributed by atoms with Gasteiger partial charge >= 0.3 is 6.18 Å². The molecule has 0 aliphatic rings. The number of aromatic nitrogens is 2. The minimum Gasteiger partial charge on any atom is -0.359 e. The van der Waals surface area contributed by atoms with E-state index in [-0.39, 0.29) is 10.4 Å². The predicted octanol–water partition coefficient (Wildman–Crippen LogP) is 1.74. The molecule has 92 valence electrons. The summed E-state index contributed by atoms with van der Waals surface area (Å²) in [7, 11) is -1.02. The van der Waals surface area contributed by atoms with Gasteiger partial charge in [-0.05, 0) is 6.92 Å². The molecule has 0 amide bonds. The second-order valence-corrected chi connectivity index (χ2v) is 5.88. The maximum absolute atomic E-state index is 12.2. The molecule has 1 aromatic heterocycles. The molecular formula is C7H10F3N3OS2. The quantitative estimate of drug-likeness (QED) is 0.908. The normalized spacial score (nSPS) is 15.8. The molecule has 0 spiro atoms. The molecule has 2 atom stereocenters. The Labute approximate surface area is 96.7 Å². The highest BCUT2D eigenvalue weighted by molar-refractivity contribution is 7.84. The van der Waals surface area contributed by atoms with Gasteiger partial charge in [0.25, 0.3) is 0 Å². The Morgan fingerprint density at radius 1 is 1.50 bits per heavy atom. The number of anilines is 1. The number of hydrogen-bond donors (Lipinski definition) is 1. The lowest BCUT2D eigenvalue weighted by atomic mass is 10.5. The summed E-state index contributed by atoms with van der Waals surface area (Å²) in [5.41, 5.74) is 0. The van der Waals surface area contributed by atoms with E-state index in [2.05, 4.69) is 15.5 Å². The summed E-state index contributed by atoms with van der Waals surface area (Å²) >= 11 is 0.436. The van der Waals surface area contributed by atoms with Crippen LogP contribution in [0.5, 0.6) is 0 Å². The number of hydrogen-bond acceptors (Lipinski definition) is 5. The zero-order chi connectivity index (χ0) is 12.3. The van der Waals surface area contributed by atoms with Crippen molar-refractivity contribution in [1.29, 1.82) is 0 Å². The van der Waals surface area contributed by atoms with Gasteiger partial charge in [0.1, 0.15) is 0 Å². The van der Waals surface area contributed by atoms with E-state index in [0.29, 0.717) is 17.9 Å². The molecule has 1 heterocycles. The van der Waals surface area contributed by atoms with Crippen molar-refractivity contribution >= 4 is 27.3 Å². The molecule has 0 saturated heterocycles. The van der Waals surface area contributed by atoms with E-state index in [1.54, 1.807) is 6.92 Å². The van der Waals surface area contributed by atoms with Crippen molar-refractivity contribution in [3.8, 4) is 0 Å². The first-order valence-corrected chi connectivity index (χ1v) is 6.71. The lowest BCUT2D eigenvalue weighted by Gasteiger charge is -2.07. The van der Waals surface area contributed by atoms with Crippen LogP contribution in [0.4, 0.5) is 18.3 Å². The first kappa shape index (κ1) is 13.4. The first-order valence-electron chi connectivity index (χ1n) is 4.27. The third-order valence-electron chi connectivity index (χ3n) is 1.77. The second-order valence-electron chi connectivity index (χ2n) is 3.10. The molecule has 1 N–H and O–H groups in total. The summed E-state index contributed by atoms with van der Waals surface area (Å²) in [5.74, 6) is 0. The Bertz CT molecular complexity index is 379. The van der Waals surface area contributed by atoms with Crippen LogP contribution in [0.25, 0.3) is 0 Å². The summed E-state index contributed by atoms with van der Waals surface area (Å²) in [6.07, 6.45) is -2.93. The van der Waals surface area contributed by atoms with Crippen molar-refractivity contribution in [3.05, 3.63) is 5.01 Å². The molecule has 0 radical (unpaired) electrons. The molecular weight excluding hydrogens is 263 g/mol. The van der Waals surface area contributed by atoms with Crippen LogP contribution in [-0.4, -0.2) is 32.5 Å². The van der Waals surface area contributed by atoms with Crippen LogP contribution in [0, 0.1) is 0 Å². The number of rotatable bonds is 4. The third kappa shape index (κ3) is 3.71. The van der Waals surface area contributed by atoms with Gasteiger partial charge in [-0.25, -0.2) is 0 Å². The van der Waals surface area contributed by atoms with Crippen LogP contribution >= 0.6 is 11.3 Å². The Morgan fingerprint density at radius 2 is 2.12 bits per heavy atom. The molecule has 0 aromatic carbocycles. The van der Waals surface area contributed by atoms with Crippen molar-refractivity contribution in [2.75, 3.05) is 18.1 Å². The molecule has 0 fully saturated rings. The monoisotopic (exact) mass is 273 g/mol. The molecule has 2 unspecified atom stereocenters. The van der Waals surface area contributed by atoms with Crippen molar-refractivity contribution in [1.82, 2.24) is 10.2 Å². The molecule has 16 heavy (non-hydrogen) atoms. The largest absolute Gasteiger partial charge is 0.445 e. The summed E-state index contributed by atoms with van der Waals surface area (Å²) in [6, 6.07) is 0. The number of halogens is 3. The van der Waals surface area contributed by atoms with Crippen molar-refractivity contribution < 1.29 is 17.4 Å². The lowest BCUT2D eigenvalue weighted by Crippen LogP contribution is -2.20. The molecule has 0 aliphatic carbocycles. The summed E-state index contributed by atoms with van der Waals surface area (Å²) in [4.78, 5) is 0. The van der Waals surface area contributed by atoms with Gasteiger partial charge in [0, 0.05) is 28.9 Å². The average Bonchev–Trinajstić information content (AvgIpc) is 2.61. The van der Waals surface area contributed by atoms with Gasteiger partial charge in [-0.2, -0.15) is 13.2 Å². The molecule has 1 rings (SSSR count). The highest BCUT2D eigenvalue weighted by Gasteiger charge is 2.35. The highest BCUT2D eigenvalue weighted by atomic mass is 32.2. The van der Waals surface area contributed by atoms with Crippen molar-refractivity contribution in [3.63, 3.8) is 0 Å². The minimum atomic E-state index is -4.46. The molecule has 9 heteroatoms. The Balaban J connectivity index is 2.57. The van der Waals surface area contributed by atoms with E-state index in [1.807, 2.05) is 0 Å². The van der Waals surface area contributed by atoms with Crippen LogP contribution < -0.4 is 5.32 Å². The van der Waals surface area contributed by atoms with E-state index >= 15 is 0 Å². The summed E-state index contributed by atoms with van der Waals surface area (Å²) in [6.45, 7) is 2.03. The maximum Gasteiger partial charge on any atom is 0.445 e. The standard InChI is InChI=1S/C7H10F3N3OS2/c1-4(16(2)14)3-11-6-13-12-5(15-6)7(8,9)10/h4H,3H2,1-2H3,(H,11,13). The fraction of sp³-hybridized carbons (Fsp3) is 0.714. The topological polar surface area (TPSA) is 54.9 Å². The maximum atomic E-state index is 12.2. The number of alkyl halides is 3. The lowest BCUT2D eigenvalue weighted by molar-refractivity contribution is -0.138. The molecule has 0 saturated carbocycles. The second kappa shape index (κ2) is 5.09. The Hall–Kier alpha value is -0.700. The van der Waals surface area contributed by atoms with Gasteiger partial charge in [-0.15, -0.1) is 10.2 Å². The minimum absolute atomic E-state index is 0.0876. The van der Waals surface area contributed by atoms with Gasteiger partial charge in [0.15, 0.2) is 0 Å². The van der Waals surface area contributed by atoms with Crippen LogP contribution in [-0.2, 0) is 17.0 Å². The number of nitrogens with zero attached hydrogens (tertiary/aromatic N) is 2. The van der Waals surface area contributed by atoms with Gasteiger partial charge in [0.2, 0.25) is 10.1 Å². The number of nitrogens with one attached hydrogen (secondary N) is 1. The Kier molecular flexibility index (Phi) is 4.25.